The van der Waals surface area contributed by atoms with Gasteiger partial charge in [-0.3, -0.25) is 4.55 Å². The number of hydrogen-bond donors (Lipinski definition) is 1. The number of aryl methyl sites for hydroxylation is 1. The van der Waals surface area contributed by atoms with Gasteiger partial charge in [0.25, 0.3) is 10.1 Å². The molecule has 31 heavy (non-hydrogen) atoms. The summed E-state index contributed by atoms with van der Waals surface area (Å²) >= 11 is 2.12. The van der Waals surface area contributed by atoms with Gasteiger partial charge in [0.1, 0.15) is 4.90 Å². The molecule has 0 saturated carbocycles. The van der Waals surface area contributed by atoms with Crippen LogP contribution in [0.15, 0.2) is 17.0 Å². The minimum atomic E-state index is -4.17. The van der Waals surface area contributed by atoms with Crippen molar-refractivity contribution in [1.29, 1.82) is 0 Å². The Morgan fingerprint density at radius 1 is 0.677 bits per heavy atom. The van der Waals surface area contributed by atoms with Crippen LogP contribution in [0.1, 0.15) is 128 Å². The molecule has 0 aliphatic carbocycles. The van der Waals surface area contributed by atoms with Crippen LogP contribution in [0.3, 0.4) is 0 Å². The Hall–Kier alpha value is -0.140. The van der Waals surface area contributed by atoms with Crippen molar-refractivity contribution < 1.29 is 13.0 Å². The fourth-order valence-electron chi connectivity index (χ4n) is 4.23. The summed E-state index contributed by atoms with van der Waals surface area (Å²) in [6.45, 7) is 4.48. The highest BCUT2D eigenvalue weighted by atomic mass is 127. The highest BCUT2D eigenvalue weighted by Crippen LogP contribution is 2.28. The molecule has 0 atom stereocenters. The molecule has 0 spiro atoms. The normalized spacial score (nSPS) is 11.9. The summed E-state index contributed by atoms with van der Waals surface area (Å²) in [7, 11) is -4.17. The average molecular weight is 565 g/mol. The molecule has 1 N–H and O–H groups in total. The predicted molar refractivity (Wildman–Crippen MR) is 142 cm³/mol. The fraction of sp³-hybridized carbons (Fsp3) is 0.769. The van der Waals surface area contributed by atoms with E-state index in [1.165, 1.54) is 95.5 Å². The van der Waals surface area contributed by atoms with Crippen molar-refractivity contribution >= 4 is 32.7 Å². The van der Waals surface area contributed by atoms with Crippen LogP contribution in [0.5, 0.6) is 0 Å². The number of hydrogen-bond acceptors (Lipinski definition) is 2. The first-order valence-electron chi connectivity index (χ1n) is 12.7. The smallest absolute Gasteiger partial charge is 0.282 e. The van der Waals surface area contributed by atoms with E-state index in [1.54, 1.807) is 6.07 Å². The third-order valence-electron chi connectivity index (χ3n) is 6.16. The van der Waals surface area contributed by atoms with Crippen molar-refractivity contribution in [3.63, 3.8) is 0 Å². The lowest BCUT2D eigenvalue weighted by atomic mass is 9.96. The van der Waals surface area contributed by atoms with Crippen LogP contribution in [-0.2, 0) is 23.0 Å². The Morgan fingerprint density at radius 3 is 1.55 bits per heavy atom. The lowest BCUT2D eigenvalue weighted by Gasteiger charge is -2.15. The van der Waals surface area contributed by atoms with Crippen molar-refractivity contribution in [2.24, 2.45) is 0 Å². The first kappa shape index (κ1) is 28.9. The quantitative estimate of drug-likeness (QED) is 0.104. The summed E-state index contributed by atoms with van der Waals surface area (Å²) in [5.74, 6) is 0. The number of halogens is 1. The maximum absolute atomic E-state index is 11.8. The molecule has 3 nitrogen and oxygen atoms in total. The summed E-state index contributed by atoms with van der Waals surface area (Å²) in [6, 6.07) is 3.52. The molecule has 0 aromatic heterocycles. The molecule has 0 amide bonds. The Balaban J connectivity index is 2.49. The van der Waals surface area contributed by atoms with Gasteiger partial charge in [-0.05, 0) is 65.5 Å². The lowest BCUT2D eigenvalue weighted by molar-refractivity contribution is 0.482. The molecule has 1 aromatic rings. The zero-order chi connectivity index (χ0) is 23.0. The van der Waals surface area contributed by atoms with Gasteiger partial charge in [-0.15, -0.1) is 0 Å². The maximum atomic E-state index is 11.8. The third kappa shape index (κ3) is 12.6. The van der Waals surface area contributed by atoms with Crippen LogP contribution >= 0.6 is 22.6 Å². The van der Waals surface area contributed by atoms with Gasteiger partial charge in [0.05, 0.1) is 0 Å². The molecule has 180 valence electrons. The zero-order valence-electron chi connectivity index (χ0n) is 19.9. The van der Waals surface area contributed by atoms with E-state index in [0.29, 0.717) is 0 Å². The van der Waals surface area contributed by atoms with Gasteiger partial charge in [0, 0.05) is 3.57 Å². The first-order valence-corrected chi connectivity index (χ1v) is 15.2. The van der Waals surface area contributed by atoms with Gasteiger partial charge < -0.3 is 0 Å². The fourth-order valence-corrected chi connectivity index (χ4v) is 6.45. The molecule has 1 aromatic carbocycles. The summed E-state index contributed by atoms with van der Waals surface area (Å²) in [5.41, 5.74) is 2.41. The van der Waals surface area contributed by atoms with E-state index in [0.717, 1.165) is 34.8 Å². The van der Waals surface area contributed by atoms with E-state index < -0.39 is 10.1 Å². The second kappa shape index (κ2) is 17.4. The predicted octanol–water partition coefficient (Wildman–Crippen LogP) is 8.90. The van der Waals surface area contributed by atoms with E-state index in [9.17, 15) is 13.0 Å². The molecule has 1 rings (SSSR count). The molecule has 0 saturated heterocycles. The average Bonchev–Trinajstić information content (AvgIpc) is 2.72. The Bertz CT molecular complexity index is 701. The molecule has 5 heteroatoms. The molecule has 0 aliphatic rings. The van der Waals surface area contributed by atoms with Gasteiger partial charge in [-0.25, -0.2) is 0 Å². The minimum absolute atomic E-state index is 0.0703. The van der Waals surface area contributed by atoms with Crippen molar-refractivity contribution in [3.8, 4) is 0 Å². The largest absolute Gasteiger partial charge is 0.295 e. The summed E-state index contributed by atoms with van der Waals surface area (Å²) in [4.78, 5) is 0.0703. The topological polar surface area (TPSA) is 54.4 Å². The number of rotatable bonds is 19. The zero-order valence-corrected chi connectivity index (χ0v) is 22.9. The number of benzene rings is 1. The maximum Gasteiger partial charge on any atom is 0.295 e. The monoisotopic (exact) mass is 564 g/mol. The van der Waals surface area contributed by atoms with E-state index in [4.69, 9.17) is 0 Å². The highest BCUT2D eigenvalue weighted by Gasteiger charge is 2.19. The standard InChI is InChI=1S/C26H45IO3S/c1-3-5-7-9-10-11-12-13-14-16-18-20-24-23(19-17-15-8-6-4-2)21-22-25(26(24)27)31(28,29)30/h21-22H,3-20H2,1-2H3,(H,28,29,30). The van der Waals surface area contributed by atoms with E-state index in [1.807, 2.05) is 6.07 Å². The van der Waals surface area contributed by atoms with Crippen molar-refractivity contribution in [2.45, 2.75) is 134 Å². The minimum Gasteiger partial charge on any atom is -0.282 e. The molecular weight excluding hydrogens is 519 g/mol. The Labute approximate surface area is 206 Å². The van der Waals surface area contributed by atoms with Crippen molar-refractivity contribution in [2.75, 3.05) is 0 Å². The van der Waals surface area contributed by atoms with Crippen molar-refractivity contribution in [1.82, 2.24) is 0 Å². The summed E-state index contributed by atoms with van der Waals surface area (Å²) < 4.78 is 33.8. The SMILES string of the molecule is CCCCCCCCCCCCCc1c(CCCCCCC)ccc(S(=O)(=O)O)c1I. The molecule has 0 unspecified atom stereocenters. The Kier molecular flexibility index (Phi) is 16.2. The summed E-state index contributed by atoms with van der Waals surface area (Å²) in [5, 5.41) is 0. The Morgan fingerprint density at radius 2 is 1.10 bits per heavy atom. The molecule has 0 heterocycles. The van der Waals surface area contributed by atoms with Crippen LogP contribution in [0.2, 0.25) is 0 Å². The van der Waals surface area contributed by atoms with E-state index in [-0.39, 0.29) is 4.90 Å². The van der Waals surface area contributed by atoms with Gasteiger partial charge in [0.15, 0.2) is 0 Å². The van der Waals surface area contributed by atoms with E-state index in [2.05, 4.69) is 36.4 Å². The van der Waals surface area contributed by atoms with Crippen LogP contribution in [0, 0.1) is 3.57 Å². The number of unbranched alkanes of at least 4 members (excludes halogenated alkanes) is 14. The van der Waals surface area contributed by atoms with Crippen LogP contribution in [0.25, 0.3) is 0 Å². The third-order valence-corrected chi connectivity index (χ3v) is 8.66. The molecule has 0 radical (unpaired) electrons. The first-order chi connectivity index (χ1) is 14.9. The molecule has 0 fully saturated rings. The molecular formula is C26H45IO3S. The highest BCUT2D eigenvalue weighted by molar-refractivity contribution is 14.1. The van der Waals surface area contributed by atoms with E-state index >= 15 is 0 Å². The molecule has 0 bridgehead atoms. The lowest BCUT2D eigenvalue weighted by Crippen LogP contribution is -2.07. The van der Waals surface area contributed by atoms with Gasteiger partial charge in [-0.2, -0.15) is 8.42 Å². The van der Waals surface area contributed by atoms with Gasteiger partial charge in [-0.1, -0.05) is 110 Å². The van der Waals surface area contributed by atoms with Crippen LogP contribution in [0.4, 0.5) is 0 Å². The van der Waals surface area contributed by atoms with Gasteiger partial charge >= 0.3 is 0 Å². The second-order valence-electron chi connectivity index (χ2n) is 8.94. The van der Waals surface area contributed by atoms with Crippen LogP contribution < -0.4 is 0 Å². The van der Waals surface area contributed by atoms with Crippen LogP contribution in [-0.4, -0.2) is 13.0 Å². The van der Waals surface area contributed by atoms with Crippen molar-refractivity contribution in [3.05, 3.63) is 26.8 Å². The van der Waals surface area contributed by atoms with Gasteiger partial charge in [0.2, 0.25) is 0 Å². The summed E-state index contributed by atoms with van der Waals surface area (Å²) in [6.07, 6.45) is 22.4. The second-order valence-corrected chi connectivity index (χ2v) is 11.4. The molecule has 0 aliphatic heterocycles.